The largest absolute Gasteiger partial charge is 0.382 e. The van der Waals surface area contributed by atoms with Crippen LogP contribution in [0.15, 0.2) is 23.2 Å². The van der Waals surface area contributed by atoms with Crippen LogP contribution in [0.2, 0.25) is 0 Å². The maximum Gasteiger partial charge on any atom is 0.243 e. The van der Waals surface area contributed by atoms with Gasteiger partial charge in [0.1, 0.15) is 6.29 Å². The lowest BCUT2D eigenvalue weighted by Gasteiger charge is -2.33. The molecular formula is C22H30N6O3. The number of hydrogen-bond acceptors (Lipinski definition) is 6. The standard InChI is InChI=1S/C22H30N6O3/c1-3-24-22(23)28-10-8-17(9-11-28)25-18-5-4-15(14-29)16(12-18)13-27(2)19-6-7-20(30)26-21(19)31/h3-5,12,14,17,19,23,25H,6-11,13H2,1-2H3,(H,26,30,31)/b23-22?,24-3-. The monoisotopic (exact) mass is 426 g/mol. The second kappa shape index (κ2) is 10.3. The van der Waals surface area contributed by atoms with E-state index >= 15 is 0 Å². The molecule has 3 rings (SSSR count). The van der Waals surface area contributed by atoms with Gasteiger partial charge in [-0.1, -0.05) is 0 Å². The number of amides is 2. The van der Waals surface area contributed by atoms with Gasteiger partial charge in [-0.15, -0.1) is 0 Å². The summed E-state index contributed by atoms with van der Waals surface area (Å²) in [6.07, 6.45) is 5.04. The molecule has 2 fully saturated rings. The van der Waals surface area contributed by atoms with Crippen molar-refractivity contribution in [1.29, 1.82) is 5.41 Å². The first-order chi connectivity index (χ1) is 14.9. The molecule has 0 spiro atoms. The van der Waals surface area contributed by atoms with Crippen molar-refractivity contribution < 1.29 is 14.4 Å². The highest BCUT2D eigenvalue weighted by Crippen LogP contribution is 2.22. The van der Waals surface area contributed by atoms with Crippen molar-refractivity contribution in [2.75, 3.05) is 25.5 Å². The van der Waals surface area contributed by atoms with Crippen LogP contribution < -0.4 is 10.6 Å². The van der Waals surface area contributed by atoms with Crippen LogP contribution >= 0.6 is 0 Å². The number of carbonyl (C=O) groups is 3. The topological polar surface area (TPSA) is 118 Å². The molecule has 0 aliphatic carbocycles. The first-order valence-electron chi connectivity index (χ1n) is 10.6. The van der Waals surface area contributed by atoms with Crippen LogP contribution in [0, 0.1) is 5.41 Å². The van der Waals surface area contributed by atoms with E-state index in [0.29, 0.717) is 30.9 Å². The first kappa shape index (κ1) is 22.6. The summed E-state index contributed by atoms with van der Waals surface area (Å²) in [5.74, 6) is -0.224. The van der Waals surface area contributed by atoms with Gasteiger partial charge in [0.15, 0.2) is 0 Å². The summed E-state index contributed by atoms with van der Waals surface area (Å²) in [6, 6.07) is 5.54. The number of nitrogens with zero attached hydrogens (tertiary/aromatic N) is 3. The number of likely N-dealkylation sites (tertiary alicyclic amines) is 1. The molecule has 31 heavy (non-hydrogen) atoms. The van der Waals surface area contributed by atoms with Gasteiger partial charge >= 0.3 is 0 Å². The quantitative estimate of drug-likeness (QED) is 0.275. The zero-order valence-electron chi connectivity index (χ0n) is 18.1. The first-order valence-corrected chi connectivity index (χ1v) is 10.6. The number of aliphatic imine (C=N–C) groups is 1. The van der Waals surface area contributed by atoms with Crippen molar-refractivity contribution >= 4 is 36.0 Å². The third kappa shape index (κ3) is 5.75. The molecule has 2 aliphatic rings. The third-order valence-electron chi connectivity index (χ3n) is 5.85. The zero-order valence-corrected chi connectivity index (χ0v) is 18.1. The molecule has 1 unspecified atom stereocenters. The highest BCUT2D eigenvalue weighted by molar-refractivity contribution is 6.00. The van der Waals surface area contributed by atoms with E-state index in [2.05, 4.69) is 15.6 Å². The predicted molar refractivity (Wildman–Crippen MR) is 120 cm³/mol. The van der Waals surface area contributed by atoms with Gasteiger partial charge in [0, 0.05) is 49.6 Å². The van der Waals surface area contributed by atoms with E-state index in [1.54, 1.807) is 19.2 Å². The van der Waals surface area contributed by atoms with Gasteiger partial charge in [0.2, 0.25) is 17.8 Å². The molecule has 0 bridgehead atoms. The van der Waals surface area contributed by atoms with Crippen molar-refractivity contribution in [2.24, 2.45) is 4.99 Å². The Balaban J connectivity index is 1.63. The van der Waals surface area contributed by atoms with Crippen molar-refractivity contribution in [3.05, 3.63) is 29.3 Å². The molecule has 0 aromatic heterocycles. The summed E-state index contributed by atoms with van der Waals surface area (Å²) >= 11 is 0. The van der Waals surface area contributed by atoms with Crippen LogP contribution in [0.5, 0.6) is 0 Å². The molecule has 2 heterocycles. The molecule has 3 N–H and O–H groups in total. The van der Waals surface area contributed by atoms with Gasteiger partial charge in [0.25, 0.3) is 0 Å². The molecule has 9 nitrogen and oxygen atoms in total. The summed E-state index contributed by atoms with van der Waals surface area (Å²) in [7, 11) is 1.83. The maximum atomic E-state index is 12.2. The van der Waals surface area contributed by atoms with Crippen LogP contribution in [0.3, 0.4) is 0 Å². The summed E-state index contributed by atoms with van der Waals surface area (Å²) in [6.45, 7) is 3.78. The Kier molecular flexibility index (Phi) is 7.51. The van der Waals surface area contributed by atoms with E-state index in [1.807, 2.05) is 29.0 Å². The molecule has 2 amide bonds. The van der Waals surface area contributed by atoms with Gasteiger partial charge < -0.3 is 10.2 Å². The zero-order chi connectivity index (χ0) is 22.4. The Morgan fingerprint density at radius 2 is 2.06 bits per heavy atom. The average Bonchev–Trinajstić information content (AvgIpc) is 2.74. The van der Waals surface area contributed by atoms with E-state index in [9.17, 15) is 14.4 Å². The fourth-order valence-corrected chi connectivity index (χ4v) is 4.10. The van der Waals surface area contributed by atoms with Crippen LogP contribution in [-0.2, 0) is 16.1 Å². The van der Waals surface area contributed by atoms with E-state index < -0.39 is 0 Å². The molecule has 0 radical (unpaired) electrons. The average molecular weight is 427 g/mol. The lowest BCUT2D eigenvalue weighted by atomic mass is 10.0. The van der Waals surface area contributed by atoms with E-state index in [0.717, 1.165) is 43.5 Å². The molecule has 1 atom stereocenters. The number of rotatable bonds is 6. The number of nitrogens with one attached hydrogen (secondary N) is 3. The van der Waals surface area contributed by atoms with Crippen molar-refractivity contribution in [1.82, 2.24) is 15.1 Å². The molecule has 0 saturated carbocycles. The minimum atomic E-state index is -0.390. The number of imide groups is 1. The number of guanidine groups is 1. The molecule has 1 aromatic carbocycles. The highest BCUT2D eigenvalue weighted by Gasteiger charge is 2.30. The molecule has 9 heteroatoms. The second-order valence-corrected chi connectivity index (χ2v) is 8.03. The minimum absolute atomic E-state index is 0.239. The van der Waals surface area contributed by atoms with Crippen molar-refractivity contribution in [3.8, 4) is 0 Å². The normalized spacial score (nSPS) is 20.2. The molecule has 166 valence electrons. The van der Waals surface area contributed by atoms with Gasteiger partial charge in [-0.2, -0.15) is 0 Å². The van der Waals surface area contributed by atoms with Gasteiger partial charge in [0.05, 0.1) is 6.04 Å². The van der Waals surface area contributed by atoms with Crippen molar-refractivity contribution in [3.63, 3.8) is 0 Å². The van der Waals surface area contributed by atoms with Gasteiger partial charge in [-0.25, -0.2) is 4.99 Å². The number of carbonyl (C=O) groups excluding carboxylic acids is 3. The minimum Gasteiger partial charge on any atom is -0.382 e. The third-order valence-corrected chi connectivity index (χ3v) is 5.85. The molecular weight excluding hydrogens is 396 g/mol. The second-order valence-electron chi connectivity index (χ2n) is 8.03. The van der Waals surface area contributed by atoms with Gasteiger partial charge in [-0.05, 0) is 57.0 Å². The SMILES string of the molecule is C/C=N\C(=N)N1CCC(Nc2ccc(C=O)c(CN(C)C3CCC(=O)NC3=O)c2)CC1. The number of aldehydes is 1. The Bertz CT molecular complexity index is 876. The number of benzene rings is 1. The lowest BCUT2D eigenvalue weighted by Crippen LogP contribution is -2.51. The van der Waals surface area contributed by atoms with Crippen LogP contribution in [0.1, 0.15) is 48.5 Å². The Morgan fingerprint density at radius 1 is 1.32 bits per heavy atom. The summed E-state index contributed by atoms with van der Waals surface area (Å²) in [5.41, 5.74) is 2.35. The Hall–Kier alpha value is -3.07. The van der Waals surface area contributed by atoms with Crippen LogP contribution in [0.4, 0.5) is 5.69 Å². The van der Waals surface area contributed by atoms with Gasteiger partial charge in [-0.3, -0.25) is 30.0 Å². The fraction of sp³-hybridized carbons (Fsp3) is 0.500. The lowest BCUT2D eigenvalue weighted by molar-refractivity contribution is -0.137. The number of anilines is 1. The highest BCUT2D eigenvalue weighted by atomic mass is 16.2. The summed E-state index contributed by atoms with van der Waals surface area (Å²) < 4.78 is 0. The molecule has 1 aromatic rings. The van der Waals surface area contributed by atoms with Crippen LogP contribution in [0.25, 0.3) is 0 Å². The smallest absolute Gasteiger partial charge is 0.243 e. The molecule has 2 aliphatic heterocycles. The van der Waals surface area contributed by atoms with Crippen LogP contribution in [-0.4, -0.2) is 72.3 Å². The van der Waals surface area contributed by atoms with Crippen molar-refractivity contribution in [2.45, 2.75) is 51.2 Å². The summed E-state index contributed by atoms with van der Waals surface area (Å²) in [4.78, 5) is 43.0. The number of piperidine rings is 2. The van der Waals surface area contributed by atoms with E-state index in [4.69, 9.17) is 5.41 Å². The summed E-state index contributed by atoms with van der Waals surface area (Å²) in [5, 5.41) is 13.9. The maximum absolute atomic E-state index is 12.2. The number of likely N-dealkylation sites (N-methyl/N-ethyl adjacent to an activating group) is 1. The predicted octanol–water partition coefficient (Wildman–Crippen LogP) is 1.64. The Morgan fingerprint density at radius 3 is 2.71 bits per heavy atom. The fourth-order valence-electron chi connectivity index (χ4n) is 4.10. The Labute approximate surface area is 182 Å². The van der Waals surface area contributed by atoms with E-state index in [-0.39, 0.29) is 23.9 Å². The number of hydrogen-bond donors (Lipinski definition) is 3. The molecule has 2 saturated heterocycles. The van der Waals surface area contributed by atoms with E-state index in [1.165, 1.54) is 0 Å².